The summed E-state index contributed by atoms with van der Waals surface area (Å²) in [6, 6.07) is 3.27. The van der Waals surface area contributed by atoms with Crippen molar-refractivity contribution in [3.05, 3.63) is 36.2 Å². The first-order chi connectivity index (χ1) is 6.80. The van der Waals surface area contributed by atoms with Gasteiger partial charge in [0.05, 0.1) is 11.7 Å². The predicted molar refractivity (Wildman–Crippen MR) is 51.7 cm³/mol. The number of hydrogen-bond acceptors (Lipinski definition) is 1. The zero-order chi connectivity index (χ0) is 11.6. The molecule has 1 radical (unpaired) electrons. The predicted octanol–water partition coefficient (Wildman–Crippen LogP) is 3.67. The molecule has 0 amide bonds. The molecule has 4 heteroatoms. The Morgan fingerprint density at radius 3 is 2.27 bits per heavy atom. The first kappa shape index (κ1) is 11.9. The Hall–Kier alpha value is -1.19. The summed E-state index contributed by atoms with van der Waals surface area (Å²) in [5.74, 6) is 0.387. The van der Waals surface area contributed by atoms with Crippen molar-refractivity contribution < 1.29 is 17.9 Å². The highest BCUT2D eigenvalue weighted by molar-refractivity contribution is 5.40. The molecule has 1 rings (SSSR count). The lowest BCUT2D eigenvalue weighted by Crippen LogP contribution is -2.09. The van der Waals surface area contributed by atoms with Crippen LogP contribution in [0.15, 0.2) is 18.2 Å². The van der Waals surface area contributed by atoms with Crippen molar-refractivity contribution in [2.45, 2.75) is 26.1 Å². The highest BCUT2D eigenvalue weighted by Crippen LogP contribution is 2.32. The SMILES string of the molecule is [CH2]c1cc(C(F)(F)F)ccc1OC(C)C. The summed E-state index contributed by atoms with van der Waals surface area (Å²) in [5, 5.41) is 0. The molecular weight excluding hydrogens is 205 g/mol. The Labute approximate surface area is 86.9 Å². The summed E-state index contributed by atoms with van der Waals surface area (Å²) in [6.07, 6.45) is -4.41. The quantitative estimate of drug-likeness (QED) is 0.734. The number of rotatable bonds is 2. The van der Waals surface area contributed by atoms with Crippen molar-refractivity contribution in [3.63, 3.8) is 0 Å². The van der Waals surface area contributed by atoms with Gasteiger partial charge < -0.3 is 4.74 Å². The fourth-order valence-electron chi connectivity index (χ4n) is 1.12. The second kappa shape index (κ2) is 4.13. The number of ether oxygens (including phenoxy) is 1. The molecule has 1 aromatic carbocycles. The summed E-state index contributed by atoms with van der Waals surface area (Å²) >= 11 is 0. The summed E-state index contributed by atoms with van der Waals surface area (Å²) in [7, 11) is 0. The van der Waals surface area contributed by atoms with E-state index in [4.69, 9.17) is 4.74 Å². The molecular formula is C11H12F3O. The monoisotopic (exact) mass is 217 g/mol. The van der Waals surface area contributed by atoms with Gasteiger partial charge in [0, 0.05) is 0 Å². The van der Waals surface area contributed by atoms with E-state index in [1.807, 2.05) is 0 Å². The van der Waals surface area contributed by atoms with Crippen LogP contribution in [0.4, 0.5) is 13.2 Å². The molecule has 0 aromatic heterocycles. The molecule has 0 bridgehead atoms. The van der Waals surface area contributed by atoms with E-state index >= 15 is 0 Å². The van der Waals surface area contributed by atoms with Crippen LogP contribution in [0, 0.1) is 6.92 Å². The standard InChI is InChI=1S/C11H12F3O/c1-7(2)15-10-5-4-9(6-8(10)3)11(12,13)14/h4-7H,3H2,1-2H3. The summed E-state index contributed by atoms with van der Waals surface area (Å²) in [5.41, 5.74) is -0.456. The number of alkyl halides is 3. The molecule has 0 unspecified atom stereocenters. The number of hydrogen-bond donors (Lipinski definition) is 0. The molecule has 0 fully saturated rings. The van der Waals surface area contributed by atoms with Gasteiger partial charge in [-0.05, 0) is 44.5 Å². The molecule has 0 aliphatic carbocycles. The first-order valence-electron chi connectivity index (χ1n) is 4.50. The molecule has 1 nitrogen and oxygen atoms in total. The molecule has 0 spiro atoms. The average Bonchev–Trinajstić information content (AvgIpc) is 2.05. The Bertz CT molecular complexity index is 342. The van der Waals surface area contributed by atoms with Gasteiger partial charge in [-0.3, -0.25) is 0 Å². The lowest BCUT2D eigenvalue weighted by Gasteiger charge is -2.14. The summed E-state index contributed by atoms with van der Waals surface area (Å²) in [6.45, 7) is 7.13. The van der Waals surface area contributed by atoms with Gasteiger partial charge in [0.25, 0.3) is 0 Å². The summed E-state index contributed by atoms with van der Waals surface area (Å²) < 4.78 is 42.2. The Morgan fingerprint density at radius 2 is 1.87 bits per heavy atom. The van der Waals surface area contributed by atoms with Gasteiger partial charge in [-0.25, -0.2) is 0 Å². The smallest absolute Gasteiger partial charge is 0.416 e. The lowest BCUT2D eigenvalue weighted by molar-refractivity contribution is -0.137. The van der Waals surface area contributed by atoms with Crippen molar-refractivity contribution >= 4 is 0 Å². The Morgan fingerprint density at radius 1 is 1.27 bits per heavy atom. The molecule has 83 valence electrons. The summed E-state index contributed by atoms with van der Waals surface area (Å²) in [4.78, 5) is 0. The van der Waals surface area contributed by atoms with Gasteiger partial charge >= 0.3 is 6.18 Å². The highest BCUT2D eigenvalue weighted by atomic mass is 19.4. The molecule has 0 aliphatic heterocycles. The van der Waals surface area contributed by atoms with Gasteiger partial charge in [-0.15, -0.1) is 0 Å². The Balaban J connectivity index is 2.98. The van der Waals surface area contributed by atoms with Gasteiger partial charge in [-0.1, -0.05) is 0 Å². The minimum atomic E-state index is -4.33. The van der Waals surface area contributed by atoms with Crippen molar-refractivity contribution in [1.29, 1.82) is 0 Å². The van der Waals surface area contributed by atoms with Crippen LogP contribution in [0.3, 0.4) is 0 Å². The van der Waals surface area contributed by atoms with Crippen LogP contribution in [0.2, 0.25) is 0 Å². The zero-order valence-corrected chi connectivity index (χ0v) is 8.56. The van der Waals surface area contributed by atoms with Crippen LogP contribution in [0.1, 0.15) is 25.0 Å². The maximum Gasteiger partial charge on any atom is 0.416 e. The normalized spacial score (nSPS) is 11.9. The van der Waals surface area contributed by atoms with Crippen molar-refractivity contribution in [1.82, 2.24) is 0 Å². The maximum absolute atomic E-state index is 12.3. The van der Waals surface area contributed by atoms with Crippen LogP contribution < -0.4 is 4.74 Å². The van der Waals surface area contributed by atoms with Gasteiger partial charge in [0.2, 0.25) is 0 Å². The molecule has 0 saturated heterocycles. The van der Waals surface area contributed by atoms with Gasteiger partial charge in [0.1, 0.15) is 5.75 Å². The largest absolute Gasteiger partial charge is 0.491 e. The van der Waals surface area contributed by atoms with E-state index in [9.17, 15) is 13.2 Å². The van der Waals surface area contributed by atoms with Crippen molar-refractivity contribution in [3.8, 4) is 5.75 Å². The van der Waals surface area contributed by atoms with E-state index in [-0.39, 0.29) is 11.7 Å². The molecule has 0 aliphatic rings. The van der Waals surface area contributed by atoms with E-state index in [1.54, 1.807) is 13.8 Å². The van der Waals surface area contributed by atoms with Crippen LogP contribution in [0.5, 0.6) is 5.75 Å². The molecule has 1 aromatic rings. The van der Waals surface area contributed by atoms with Gasteiger partial charge in [-0.2, -0.15) is 13.2 Å². The minimum absolute atomic E-state index is 0.0813. The third-order valence-electron chi connectivity index (χ3n) is 1.75. The van der Waals surface area contributed by atoms with Crippen LogP contribution >= 0.6 is 0 Å². The molecule has 0 atom stereocenters. The van der Waals surface area contributed by atoms with E-state index in [0.717, 1.165) is 12.1 Å². The van der Waals surface area contributed by atoms with Crippen molar-refractivity contribution in [2.24, 2.45) is 0 Å². The third-order valence-corrected chi connectivity index (χ3v) is 1.75. The fourth-order valence-corrected chi connectivity index (χ4v) is 1.12. The average molecular weight is 217 g/mol. The van der Waals surface area contributed by atoms with Crippen LogP contribution in [0.25, 0.3) is 0 Å². The Kier molecular flexibility index (Phi) is 3.27. The third kappa shape index (κ3) is 3.15. The van der Waals surface area contributed by atoms with E-state index in [1.165, 1.54) is 6.07 Å². The van der Waals surface area contributed by atoms with Crippen LogP contribution in [-0.2, 0) is 6.18 Å². The molecule has 0 N–H and O–H groups in total. The molecule has 15 heavy (non-hydrogen) atoms. The number of benzene rings is 1. The highest BCUT2D eigenvalue weighted by Gasteiger charge is 2.30. The second-order valence-corrected chi connectivity index (χ2v) is 3.49. The van der Waals surface area contributed by atoms with Crippen LogP contribution in [-0.4, -0.2) is 6.10 Å². The topological polar surface area (TPSA) is 9.23 Å². The zero-order valence-electron chi connectivity index (χ0n) is 8.56. The fraction of sp³-hybridized carbons (Fsp3) is 0.364. The molecule has 0 saturated carbocycles. The first-order valence-corrected chi connectivity index (χ1v) is 4.50. The number of halogens is 3. The van der Waals surface area contributed by atoms with Gasteiger partial charge in [0.15, 0.2) is 0 Å². The van der Waals surface area contributed by atoms with Crippen molar-refractivity contribution in [2.75, 3.05) is 0 Å². The lowest BCUT2D eigenvalue weighted by atomic mass is 10.1. The van der Waals surface area contributed by atoms with E-state index in [2.05, 4.69) is 6.92 Å². The molecule has 0 heterocycles. The maximum atomic E-state index is 12.3. The van der Waals surface area contributed by atoms with E-state index in [0.29, 0.717) is 5.75 Å². The second-order valence-electron chi connectivity index (χ2n) is 3.49. The van der Waals surface area contributed by atoms with E-state index < -0.39 is 11.7 Å². The minimum Gasteiger partial charge on any atom is -0.491 e.